The number of fused-ring (bicyclic) bond motifs is 2. The number of carbonyl (C=O) groups excluding carboxylic acids is 1. The Morgan fingerprint density at radius 2 is 2.00 bits per heavy atom. The minimum Gasteiger partial charge on any atom is -0.506 e. The first kappa shape index (κ1) is 13.7. The average Bonchev–Trinajstić information content (AvgIpc) is 3.03. The van der Waals surface area contributed by atoms with Crippen molar-refractivity contribution in [2.24, 2.45) is 11.8 Å². The van der Waals surface area contributed by atoms with Crippen LogP contribution in [0.4, 0.5) is 10.5 Å². The van der Waals surface area contributed by atoms with Crippen LogP contribution in [0.5, 0.6) is 5.75 Å². The number of anilines is 1. The third kappa shape index (κ3) is 2.79. The van der Waals surface area contributed by atoms with Gasteiger partial charge < -0.3 is 20.8 Å². The summed E-state index contributed by atoms with van der Waals surface area (Å²) in [5.41, 5.74) is 0.187. The van der Waals surface area contributed by atoms with Gasteiger partial charge in [-0.2, -0.15) is 0 Å². The van der Waals surface area contributed by atoms with E-state index in [0.717, 1.165) is 18.4 Å². The molecular weight excluding hydrogens is 272 g/mol. The fourth-order valence-corrected chi connectivity index (χ4v) is 3.52. The molecule has 4 N–H and O–H groups in total. The summed E-state index contributed by atoms with van der Waals surface area (Å²) in [6, 6.07) is 3.71. The highest BCUT2D eigenvalue weighted by atomic mass is 16.4. The van der Waals surface area contributed by atoms with Gasteiger partial charge in [-0.1, -0.05) is 6.42 Å². The standard InChI is InChI=1S/C15H18N2O4/c18-13-7-10(14(19)20)3-4-11(13)16-15(21)17-12-6-8-1-2-9(12)5-8/h3-4,7-9,12,18H,1-2,5-6H2,(H,19,20)(H2,16,17,21). The first-order valence-corrected chi connectivity index (χ1v) is 7.16. The van der Waals surface area contributed by atoms with Crippen LogP contribution < -0.4 is 10.6 Å². The Hall–Kier alpha value is -2.24. The molecule has 112 valence electrons. The molecule has 2 aliphatic rings. The molecule has 0 saturated heterocycles. The van der Waals surface area contributed by atoms with Crippen LogP contribution in [-0.2, 0) is 0 Å². The van der Waals surface area contributed by atoms with Gasteiger partial charge in [-0.15, -0.1) is 0 Å². The van der Waals surface area contributed by atoms with Crippen LogP contribution in [0.3, 0.4) is 0 Å². The normalized spacial score (nSPS) is 26.6. The van der Waals surface area contributed by atoms with Gasteiger partial charge in [0.1, 0.15) is 5.75 Å². The summed E-state index contributed by atoms with van der Waals surface area (Å²) in [6.45, 7) is 0. The van der Waals surface area contributed by atoms with Crippen LogP contribution in [-0.4, -0.2) is 28.3 Å². The monoisotopic (exact) mass is 290 g/mol. The van der Waals surface area contributed by atoms with Crippen molar-refractivity contribution < 1.29 is 19.8 Å². The van der Waals surface area contributed by atoms with E-state index in [0.29, 0.717) is 5.92 Å². The lowest BCUT2D eigenvalue weighted by molar-refractivity contribution is 0.0696. The highest BCUT2D eigenvalue weighted by molar-refractivity contribution is 5.93. The lowest BCUT2D eigenvalue weighted by atomic mass is 9.95. The number of hydrogen-bond donors (Lipinski definition) is 4. The van der Waals surface area contributed by atoms with Gasteiger partial charge in [0.2, 0.25) is 0 Å². The number of amides is 2. The fourth-order valence-electron chi connectivity index (χ4n) is 3.52. The molecule has 1 aromatic carbocycles. The Morgan fingerprint density at radius 1 is 1.19 bits per heavy atom. The van der Waals surface area contributed by atoms with Crippen LogP contribution in [0, 0.1) is 11.8 Å². The molecule has 2 fully saturated rings. The van der Waals surface area contributed by atoms with Crippen LogP contribution in [0.2, 0.25) is 0 Å². The number of benzene rings is 1. The Labute approximate surface area is 122 Å². The van der Waals surface area contributed by atoms with Gasteiger partial charge in [0.05, 0.1) is 11.3 Å². The van der Waals surface area contributed by atoms with Crippen molar-refractivity contribution in [3.05, 3.63) is 23.8 Å². The molecule has 6 heteroatoms. The fraction of sp³-hybridized carbons (Fsp3) is 0.467. The van der Waals surface area contributed by atoms with Crippen LogP contribution >= 0.6 is 0 Å². The SMILES string of the molecule is O=C(Nc1ccc(C(=O)O)cc1O)NC1CC2CCC1C2. The zero-order valence-corrected chi connectivity index (χ0v) is 11.5. The largest absolute Gasteiger partial charge is 0.506 e. The lowest BCUT2D eigenvalue weighted by Crippen LogP contribution is -2.41. The third-order valence-electron chi connectivity index (χ3n) is 4.55. The van der Waals surface area contributed by atoms with E-state index in [-0.39, 0.29) is 29.1 Å². The van der Waals surface area contributed by atoms with E-state index < -0.39 is 5.97 Å². The minimum absolute atomic E-state index is 0.0217. The number of nitrogens with one attached hydrogen (secondary N) is 2. The predicted octanol–water partition coefficient (Wildman–Crippen LogP) is 2.40. The molecule has 2 amide bonds. The number of phenolic OH excluding ortho intramolecular Hbond substituents is 1. The zero-order valence-electron chi connectivity index (χ0n) is 11.5. The molecule has 0 aliphatic heterocycles. The van der Waals surface area contributed by atoms with Crippen LogP contribution in [0.15, 0.2) is 18.2 Å². The van der Waals surface area contributed by atoms with E-state index in [2.05, 4.69) is 10.6 Å². The molecule has 3 atom stereocenters. The molecule has 3 unspecified atom stereocenters. The molecular formula is C15H18N2O4. The van der Waals surface area contributed by atoms with Crippen molar-refractivity contribution in [3.8, 4) is 5.75 Å². The summed E-state index contributed by atoms with van der Waals surface area (Å²) in [6.07, 6.45) is 4.67. The maximum atomic E-state index is 12.0. The minimum atomic E-state index is -1.12. The Morgan fingerprint density at radius 3 is 2.57 bits per heavy atom. The molecule has 3 rings (SSSR count). The smallest absolute Gasteiger partial charge is 0.335 e. The Bertz CT molecular complexity index is 587. The Balaban J connectivity index is 1.61. The summed E-state index contributed by atoms with van der Waals surface area (Å²) < 4.78 is 0. The summed E-state index contributed by atoms with van der Waals surface area (Å²) in [7, 11) is 0. The lowest BCUT2D eigenvalue weighted by Gasteiger charge is -2.23. The predicted molar refractivity (Wildman–Crippen MR) is 76.5 cm³/mol. The van der Waals surface area contributed by atoms with E-state index in [4.69, 9.17) is 5.11 Å². The van der Waals surface area contributed by atoms with Crippen molar-refractivity contribution in [3.63, 3.8) is 0 Å². The summed E-state index contributed by atoms with van der Waals surface area (Å²) in [5, 5.41) is 24.1. The molecule has 21 heavy (non-hydrogen) atoms. The first-order valence-electron chi connectivity index (χ1n) is 7.16. The van der Waals surface area contributed by atoms with E-state index in [1.165, 1.54) is 31.4 Å². The van der Waals surface area contributed by atoms with Gasteiger partial charge in [-0.3, -0.25) is 0 Å². The van der Waals surface area contributed by atoms with Gasteiger partial charge >= 0.3 is 12.0 Å². The first-order chi connectivity index (χ1) is 10.0. The molecule has 6 nitrogen and oxygen atoms in total. The summed E-state index contributed by atoms with van der Waals surface area (Å²) in [4.78, 5) is 22.7. The quantitative estimate of drug-likeness (QED) is 0.642. The number of carbonyl (C=O) groups is 2. The number of aromatic carboxylic acids is 1. The van der Waals surface area contributed by atoms with Crippen molar-refractivity contribution in [2.45, 2.75) is 31.7 Å². The molecule has 0 spiro atoms. The maximum absolute atomic E-state index is 12.0. The number of rotatable bonds is 3. The molecule has 1 aromatic rings. The summed E-state index contributed by atoms with van der Waals surface area (Å²) in [5.74, 6) is -0.0615. The molecule has 2 saturated carbocycles. The number of carboxylic acids is 1. The van der Waals surface area contributed by atoms with Gasteiger partial charge in [-0.05, 0) is 49.3 Å². The van der Waals surface area contributed by atoms with Gasteiger partial charge in [0.25, 0.3) is 0 Å². The van der Waals surface area contributed by atoms with Crippen molar-refractivity contribution in [1.29, 1.82) is 0 Å². The van der Waals surface area contributed by atoms with Gasteiger partial charge in [-0.25, -0.2) is 9.59 Å². The van der Waals surface area contributed by atoms with E-state index in [1.807, 2.05) is 0 Å². The van der Waals surface area contributed by atoms with Crippen molar-refractivity contribution >= 4 is 17.7 Å². The van der Waals surface area contributed by atoms with E-state index in [1.54, 1.807) is 0 Å². The van der Waals surface area contributed by atoms with Crippen LogP contribution in [0.1, 0.15) is 36.0 Å². The number of urea groups is 1. The topological polar surface area (TPSA) is 98.7 Å². The second-order valence-electron chi connectivity index (χ2n) is 5.92. The van der Waals surface area contributed by atoms with Crippen molar-refractivity contribution in [2.75, 3.05) is 5.32 Å². The second kappa shape index (κ2) is 5.27. The van der Waals surface area contributed by atoms with E-state index in [9.17, 15) is 14.7 Å². The number of phenols is 1. The molecule has 0 heterocycles. The van der Waals surface area contributed by atoms with Gasteiger partial charge in [0, 0.05) is 6.04 Å². The number of aromatic hydroxyl groups is 1. The molecule has 0 radical (unpaired) electrons. The molecule has 2 aliphatic carbocycles. The van der Waals surface area contributed by atoms with Crippen molar-refractivity contribution in [1.82, 2.24) is 5.32 Å². The Kier molecular flexibility index (Phi) is 3.45. The summed E-state index contributed by atoms with van der Waals surface area (Å²) >= 11 is 0. The molecule has 2 bridgehead atoms. The van der Waals surface area contributed by atoms with Crippen LogP contribution in [0.25, 0.3) is 0 Å². The zero-order chi connectivity index (χ0) is 15.0. The van der Waals surface area contributed by atoms with Gasteiger partial charge in [0.15, 0.2) is 0 Å². The average molecular weight is 290 g/mol. The maximum Gasteiger partial charge on any atom is 0.335 e. The van der Waals surface area contributed by atoms with E-state index >= 15 is 0 Å². The third-order valence-corrected chi connectivity index (χ3v) is 4.55. The number of hydrogen-bond acceptors (Lipinski definition) is 3. The number of carboxylic acid groups (broad SMARTS) is 1. The highest BCUT2D eigenvalue weighted by Gasteiger charge is 2.40. The highest BCUT2D eigenvalue weighted by Crippen LogP contribution is 2.44. The second-order valence-corrected chi connectivity index (χ2v) is 5.92. The molecule has 0 aromatic heterocycles.